The summed E-state index contributed by atoms with van der Waals surface area (Å²) in [6.07, 6.45) is 0.588. The van der Waals surface area contributed by atoms with E-state index in [1.54, 1.807) is 6.92 Å². The first kappa shape index (κ1) is 26.8. The summed E-state index contributed by atoms with van der Waals surface area (Å²) in [5.74, 6) is -2.51. The van der Waals surface area contributed by atoms with Crippen molar-refractivity contribution in [2.45, 2.75) is 26.9 Å². The monoisotopic (exact) mass is 276 g/mol. The summed E-state index contributed by atoms with van der Waals surface area (Å²) in [6, 6.07) is 0. The van der Waals surface area contributed by atoms with Crippen LogP contribution in [0.4, 0.5) is 0 Å². The van der Waals surface area contributed by atoms with E-state index < -0.39 is 18.0 Å². The van der Waals surface area contributed by atoms with Gasteiger partial charge in [0.25, 0.3) is 0 Å². The van der Waals surface area contributed by atoms with Gasteiger partial charge in [-0.2, -0.15) is 0 Å². The van der Waals surface area contributed by atoms with Crippen LogP contribution in [0.5, 0.6) is 0 Å². The van der Waals surface area contributed by atoms with E-state index in [9.17, 15) is 19.8 Å². The topological polar surface area (TPSA) is 110 Å². The van der Waals surface area contributed by atoms with Crippen molar-refractivity contribution in [1.82, 2.24) is 0 Å². The van der Waals surface area contributed by atoms with E-state index in [0.29, 0.717) is 0 Å². The Hall–Kier alpha value is 0.340. The van der Waals surface area contributed by atoms with Gasteiger partial charge in [0.05, 0.1) is 11.9 Å². The van der Waals surface area contributed by atoms with Crippen LogP contribution in [-0.4, -0.2) is 23.3 Å². The molecule has 18 heavy (non-hydrogen) atoms. The molecule has 0 amide bonds. The van der Waals surface area contributed by atoms with E-state index in [-0.39, 0.29) is 70.3 Å². The number of carboxylic acids is 2. The van der Waals surface area contributed by atoms with Crippen LogP contribution in [0.1, 0.15) is 20.8 Å². The molecule has 0 fully saturated rings. The van der Waals surface area contributed by atoms with Gasteiger partial charge in [0.2, 0.25) is 0 Å². The van der Waals surface area contributed by atoms with E-state index in [0.717, 1.165) is 0 Å². The van der Waals surface area contributed by atoms with Crippen LogP contribution in [0, 0.1) is 0 Å². The molecule has 0 saturated carbocycles. The van der Waals surface area contributed by atoms with Gasteiger partial charge in [0, 0.05) is 0 Å². The molecule has 1 unspecified atom stereocenters. The van der Waals surface area contributed by atoms with Crippen LogP contribution in [-0.2, 0) is 14.5 Å². The van der Waals surface area contributed by atoms with E-state index in [1.165, 1.54) is 19.9 Å². The average molecular weight is 276 g/mol. The second-order valence-corrected chi connectivity index (χ2v) is 2.82. The molecule has 0 saturated heterocycles. The SMILES string of the molecule is C/C=C(\C)C(=O)[O-].C=C(C(=O)[O-])C(C)OO.[Na+].[Na+]. The van der Waals surface area contributed by atoms with Crippen molar-refractivity contribution in [3.63, 3.8) is 0 Å². The van der Waals surface area contributed by atoms with Gasteiger partial charge >= 0.3 is 59.1 Å². The largest absolute Gasteiger partial charge is 1.00 e. The van der Waals surface area contributed by atoms with Crippen LogP contribution in [0.25, 0.3) is 0 Å². The number of aliphatic carboxylic acids is 2. The second-order valence-electron chi connectivity index (χ2n) is 2.82. The Morgan fingerprint density at radius 3 is 1.72 bits per heavy atom. The fourth-order valence-corrected chi connectivity index (χ4v) is 0.347. The summed E-state index contributed by atoms with van der Waals surface area (Å²) in [7, 11) is 0. The van der Waals surface area contributed by atoms with Gasteiger partial charge in [-0.3, -0.25) is 5.26 Å². The fourth-order valence-electron chi connectivity index (χ4n) is 0.347. The van der Waals surface area contributed by atoms with Gasteiger partial charge in [-0.15, -0.1) is 0 Å². The van der Waals surface area contributed by atoms with E-state index in [2.05, 4.69) is 11.5 Å². The van der Waals surface area contributed by atoms with Gasteiger partial charge in [0.1, 0.15) is 6.10 Å². The molecular formula is C10H14Na2O6. The second kappa shape index (κ2) is 15.4. The number of carboxylic acid groups (broad SMARTS) is 2. The number of allylic oxidation sites excluding steroid dienone is 1. The summed E-state index contributed by atoms with van der Waals surface area (Å²) < 4.78 is 0. The van der Waals surface area contributed by atoms with Gasteiger partial charge in [-0.05, 0) is 31.9 Å². The Kier molecular flexibility index (Phi) is 22.9. The standard InChI is InChI=1S/C5H8O4.C5H8O2.2Na/c1-3(5(6)7)4(2)9-8;1-3-4(2)5(6)7;;/h4,8H,1H2,2H3,(H,6,7);3H,1-2H3,(H,6,7);;/q;;2*+1/p-2/b;4-3+;;. The first-order chi connectivity index (χ1) is 7.27. The molecule has 0 spiro atoms. The molecule has 0 heterocycles. The minimum absolute atomic E-state index is 0. The summed E-state index contributed by atoms with van der Waals surface area (Å²) >= 11 is 0. The quantitative estimate of drug-likeness (QED) is 0.236. The third kappa shape index (κ3) is 14.4. The molecular weight excluding hydrogens is 262 g/mol. The maximum Gasteiger partial charge on any atom is 1.00 e. The molecule has 0 aliphatic heterocycles. The zero-order valence-electron chi connectivity index (χ0n) is 11.4. The summed E-state index contributed by atoms with van der Waals surface area (Å²) in [6.45, 7) is 7.58. The molecule has 0 rings (SSSR count). The van der Waals surface area contributed by atoms with Gasteiger partial charge in [-0.1, -0.05) is 12.7 Å². The Balaban J connectivity index is -0.000000100. The molecule has 0 radical (unpaired) electrons. The van der Waals surface area contributed by atoms with Crippen LogP contribution in [0.3, 0.4) is 0 Å². The molecule has 1 N–H and O–H groups in total. The smallest absolute Gasteiger partial charge is 0.545 e. The first-order valence-electron chi connectivity index (χ1n) is 4.32. The summed E-state index contributed by atoms with van der Waals surface area (Å²) in [4.78, 5) is 23.3. The van der Waals surface area contributed by atoms with Crippen molar-refractivity contribution in [1.29, 1.82) is 0 Å². The first-order valence-corrected chi connectivity index (χ1v) is 4.32. The third-order valence-corrected chi connectivity index (χ3v) is 1.67. The number of carbonyl (C=O) groups excluding carboxylic acids is 2. The number of carbonyl (C=O) groups is 2. The molecule has 0 aliphatic rings. The van der Waals surface area contributed by atoms with Gasteiger partial charge in [-0.25, -0.2) is 4.89 Å². The van der Waals surface area contributed by atoms with Crippen molar-refractivity contribution < 1.29 is 89.1 Å². The van der Waals surface area contributed by atoms with Gasteiger partial charge < -0.3 is 19.8 Å². The molecule has 6 nitrogen and oxygen atoms in total. The van der Waals surface area contributed by atoms with E-state index in [1.807, 2.05) is 0 Å². The molecule has 0 aromatic heterocycles. The average Bonchev–Trinajstić information content (AvgIpc) is 2.26. The predicted octanol–water partition coefficient (Wildman–Crippen LogP) is -7.12. The summed E-state index contributed by atoms with van der Waals surface area (Å²) in [5, 5.41) is 27.6. The maximum atomic E-state index is 9.90. The third-order valence-electron chi connectivity index (χ3n) is 1.67. The Morgan fingerprint density at radius 2 is 1.67 bits per heavy atom. The maximum absolute atomic E-state index is 9.90. The van der Waals surface area contributed by atoms with Crippen LogP contribution in [0.2, 0.25) is 0 Å². The molecule has 0 bridgehead atoms. The molecule has 8 heteroatoms. The molecule has 0 aliphatic carbocycles. The number of rotatable bonds is 4. The Morgan fingerprint density at radius 1 is 1.28 bits per heavy atom. The minimum Gasteiger partial charge on any atom is -0.545 e. The van der Waals surface area contributed by atoms with Crippen molar-refractivity contribution in [3.8, 4) is 0 Å². The molecule has 1 atom stereocenters. The van der Waals surface area contributed by atoms with Crippen molar-refractivity contribution in [2.75, 3.05) is 0 Å². The van der Waals surface area contributed by atoms with Crippen molar-refractivity contribution in [3.05, 3.63) is 23.8 Å². The van der Waals surface area contributed by atoms with Crippen LogP contribution in [0.15, 0.2) is 23.8 Å². The molecule has 0 aromatic carbocycles. The normalized spacial score (nSPS) is 10.8. The molecule has 92 valence electrons. The zero-order chi connectivity index (χ0) is 13.3. The van der Waals surface area contributed by atoms with Crippen molar-refractivity contribution in [2.24, 2.45) is 0 Å². The van der Waals surface area contributed by atoms with Crippen molar-refractivity contribution >= 4 is 11.9 Å². The van der Waals surface area contributed by atoms with Crippen LogP contribution >= 0.6 is 0 Å². The Labute approximate surface area is 150 Å². The zero-order valence-corrected chi connectivity index (χ0v) is 15.4. The van der Waals surface area contributed by atoms with E-state index >= 15 is 0 Å². The minimum atomic E-state index is -1.42. The number of hydrogen-bond donors (Lipinski definition) is 1. The van der Waals surface area contributed by atoms with E-state index in [4.69, 9.17) is 5.26 Å². The van der Waals surface area contributed by atoms with Crippen LogP contribution < -0.4 is 69.3 Å². The summed E-state index contributed by atoms with van der Waals surface area (Å²) in [5.41, 5.74) is -0.00231. The Bertz CT molecular complexity index is 301. The van der Waals surface area contributed by atoms with Gasteiger partial charge in [0.15, 0.2) is 0 Å². The predicted molar refractivity (Wildman–Crippen MR) is 51.8 cm³/mol. The fraction of sp³-hybridized carbons (Fsp3) is 0.400. The molecule has 0 aromatic rings. The number of hydrogen-bond acceptors (Lipinski definition) is 6.